The summed E-state index contributed by atoms with van der Waals surface area (Å²) in [6, 6.07) is 9.18. The molecule has 0 aliphatic rings. The summed E-state index contributed by atoms with van der Waals surface area (Å²) in [5, 5.41) is 9.54. The van der Waals surface area contributed by atoms with Crippen LogP contribution in [0.15, 0.2) is 30.3 Å². The van der Waals surface area contributed by atoms with Crippen molar-refractivity contribution in [3.8, 4) is 0 Å². The maximum atomic E-state index is 12.6. The summed E-state index contributed by atoms with van der Waals surface area (Å²) in [7, 11) is 0. The van der Waals surface area contributed by atoms with Crippen molar-refractivity contribution in [3.05, 3.63) is 35.9 Å². The van der Waals surface area contributed by atoms with Crippen LogP contribution >= 0.6 is 0 Å². The highest BCUT2D eigenvalue weighted by atomic mass is 16.4. The highest BCUT2D eigenvalue weighted by Gasteiger charge is 2.38. The molecule has 1 unspecified atom stereocenters. The van der Waals surface area contributed by atoms with Gasteiger partial charge >= 0.3 is 6.09 Å². The van der Waals surface area contributed by atoms with Crippen LogP contribution in [-0.2, 0) is 11.2 Å². The second-order valence-corrected chi connectivity index (χ2v) is 6.96. The third kappa shape index (κ3) is 4.86. The predicted octanol–water partition coefficient (Wildman–Crippen LogP) is 3.99. The topological polar surface area (TPSA) is 57.6 Å². The number of carboxylic acid groups (broad SMARTS) is 1. The molecule has 0 aliphatic heterocycles. The summed E-state index contributed by atoms with van der Waals surface area (Å²) in [4.78, 5) is 25.6. The first-order valence-corrected chi connectivity index (χ1v) is 7.73. The zero-order chi connectivity index (χ0) is 16.9. The minimum absolute atomic E-state index is 0.0174. The molecule has 0 heterocycles. The molecule has 0 spiro atoms. The van der Waals surface area contributed by atoms with Crippen LogP contribution in [0.3, 0.4) is 0 Å². The summed E-state index contributed by atoms with van der Waals surface area (Å²) in [6.07, 6.45) is -0.0491. The standard InChI is InChI=1S/C18H27NO3/c1-13(2)16(19(17(21)22)18(3,4)5)15(20)12-11-14-9-7-6-8-10-14/h6-10,13,16H,11-12H2,1-5H3,(H,21,22). The predicted molar refractivity (Wildman–Crippen MR) is 88.0 cm³/mol. The lowest BCUT2D eigenvalue weighted by molar-refractivity contribution is -0.127. The second-order valence-electron chi connectivity index (χ2n) is 6.96. The van der Waals surface area contributed by atoms with E-state index in [1.807, 2.05) is 65.0 Å². The molecular formula is C18H27NO3. The fourth-order valence-electron chi connectivity index (χ4n) is 2.70. The van der Waals surface area contributed by atoms with E-state index >= 15 is 0 Å². The van der Waals surface area contributed by atoms with Gasteiger partial charge in [-0.15, -0.1) is 0 Å². The van der Waals surface area contributed by atoms with Gasteiger partial charge in [0.2, 0.25) is 0 Å². The Morgan fingerprint density at radius 1 is 1.14 bits per heavy atom. The van der Waals surface area contributed by atoms with Gasteiger partial charge in [0.15, 0.2) is 5.78 Å². The molecule has 0 fully saturated rings. The van der Waals surface area contributed by atoms with E-state index in [2.05, 4.69) is 0 Å². The summed E-state index contributed by atoms with van der Waals surface area (Å²) >= 11 is 0. The highest BCUT2D eigenvalue weighted by molar-refractivity contribution is 5.87. The lowest BCUT2D eigenvalue weighted by atomic mass is 9.90. The van der Waals surface area contributed by atoms with Gasteiger partial charge in [0, 0.05) is 12.0 Å². The second kappa shape index (κ2) is 7.43. The highest BCUT2D eigenvalue weighted by Crippen LogP contribution is 2.24. The van der Waals surface area contributed by atoms with E-state index in [9.17, 15) is 14.7 Å². The molecule has 0 aliphatic carbocycles. The number of hydrogen-bond donors (Lipinski definition) is 1. The molecule has 1 aromatic rings. The van der Waals surface area contributed by atoms with Crippen molar-refractivity contribution in [2.24, 2.45) is 5.92 Å². The van der Waals surface area contributed by atoms with E-state index < -0.39 is 17.7 Å². The van der Waals surface area contributed by atoms with Crippen molar-refractivity contribution in [2.45, 2.75) is 59.0 Å². The molecule has 0 saturated carbocycles. The van der Waals surface area contributed by atoms with Crippen molar-refractivity contribution < 1.29 is 14.7 Å². The first-order chi connectivity index (χ1) is 10.1. The van der Waals surface area contributed by atoms with Crippen molar-refractivity contribution in [1.29, 1.82) is 0 Å². The number of Topliss-reactive ketones (excluding diaryl/α,β-unsaturated/α-hetero) is 1. The number of carbonyl (C=O) groups is 2. The lowest BCUT2D eigenvalue weighted by Crippen LogP contribution is -2.56. The van der Waals surface area contributed by atoms with Gasteiger partial charge in [-0.1, -0.05) is 44.2 Å². The largest absolute Gasteiger partial charge is 0.465 e. The number of nitrogens with zero attached hydrogens (tertiary/aromatic N) is 1. The maximum Gasteiger partial charge on any atom is 0.408 e. The summed E-state index contributed by atoms with van der Waals surface area (Å²) < 4.78 is 0. The first kappa shape index (κ1) is 18.2. The third-order valence-corrected chi connectivity index (χ3v) is 3.67. The quantitative estimate of drug-likeness (QED) is 0.864. The first-order valence-electron chi connectivity index (χ1n) is 7.73. The van der Waals surface area contributed by atoms with Crippen LogP contribution in [0, 0.1) is 5.92 Å². The van der Waals surface area contributed by atoms with Crippen LogP contribution in [-0.4, -0.2) is 33.5 Å². The minimum Gasteiger partial charge on any atom is -0.465 e. The number of aryl methyl sites for hydroxylation is 1. The zero-order valence-corrected chi connectivity index (χ0v) is 14.2. The summed E-state index contributed by atoms with van der Waals surface area (Å²) in [5.74, 6) is -0.0743. The summed E-state index contributed by atoms with van der Waals surface area (Å²) in [5.41, 5.74) is 0.486. The average molecular weight is 305 g/mol. The molecule has 0 aromatic heterocycles. The minimum atomic E-state index is -1.04. The van der Waals surface area contributed by atoms with Crippen molar-refractivity contribution in [1.82, 2.24) is 4.90 Å². The smallest absolute Gasteiger partial charge is 0.408 e. The molecule has 122 valence electrons. The van der Waals surface area contributed by atoms with E-state index in [0.717, 1.165) is 5.56 Å². The third-order valence-electron chi connectivity index (χ3n) is 3.67. The molecule has 4 nitrogen and oxygen atoms in total. The van der Waals surface area contributed by atoms with Crippen molar-refractivity contribution >= 4 is 11.9 Å². The SMILES string of the molecule is CC(C)C(C(=O)CCc1ccccc1)N(C(=O)O)C(C)(C)C. The van der Waals surface area contributed by atoms with Crippen molar-refractivity contribution in [3.63, 3.8) is 0 Å². The van der Waals surface area contributed by atoms with Gasteiger partial charge in [-0.3, -0.25) is 9.69 Å². The van der Waals surface area contributed by atoms with Crippen LogP contribution in [0.5, 0.6) is 0 Å². The normalized spacial score (nSPS) is 13.0. The molecule has 1 N–H and O–H groups in total. The molecule has 1 amide bonds. The molecule has 0 radical (unpaired) electrons. The zero-order valence-electron chi connectivity index (χ0n) is 14.2. The van der Waals surface area contributed by atoms with Crippen LogP contribution in [0.1, 0.15) is 46.6 Å². The Morgan fingerprint density at radius 2 is 1.68 bits per heavy atom. The lowest BCUT2D eigenvalue weighted by Gasteiger charge is -2.40. The Kier molecular flexibility index (Phi) is 6.15. The number of ketones is 1. The maximum absolute atomic E-state index is 12.6. The fourth-order valence-corrected chi connectivity index (χ4v) is 2.70. The van der Waals surface area contributed by atoms with Gasteiger partial charge in [-0.05, 0) is 38.7 Å². The number of carbonyl (C=O) groups excluding carboxylic acids is 1. The number of rotatable bonds is 6. The van der Waals surface area contributed by atoms with Gasteiger partial charge in [-0.2, -0.15) is 0 Å². The fraction of sp³-hybridized carbons (Fsp3) is 0.556. The Hall–Kier alpha value is -1.84. The molecule has 1 aromatic carbocycles. The number of hydrogen-bond acceptors (Lipinski definition) is 2. The van der Waals surface area contributed by atoms with Gasteiger partial charge in [0.05, 0.1) is 6.04 Å². The van der Waals surface area contributed by atoms with Crippen LogP contribution < -0.4 is 0 Å². The average Bonchev–Trinajstić information content (AvgIpc) is 2.41. The van der Waals surface area contributed by atoms with Crippen molar-refractivity contribution in [2.75, 3.05) is 0 Å². The number of benzene rings is 1. The van der Waals surface area contributed by atoms with Gasteiger partial charge in [0.25, 0.3) is 0 Å². The van der Waals surface area contributed by atoms with E-state index in [1.165, 1.54) is 4.90 Å². The van der Waals surface area contributed by atoms with Crippen LogP contribution in [0.4, 0.5) is 4.79 Å². The van der Waals surface area contributed by atoms with Crippen LogP contribution in [0.25, 0.3) is 0 Å². The van der Waals surface area contributed by atoms with E-state index in [0.29, 0.717) is 12.8 Å². The van der Waals surface area contributed by atoms with Gasteiger partial charge in [-0.25, -0.2) is 4.79 Å². The summed E-state index contributed by atoms with van der Waals surface area (Å²) in [6.45, 7) is 9.25. The molecule has 0 bridgehead atoms. The van der Waals surface area contributed by atoms with Crippen LogP contribution in [0.2, 0.25) is 0 Å². The van der Waals surface area contributed by atoms with Gasteiger partial charge < -0.3 is 5.11 Å². The Labute approximate surface area is 133 Å². The van der Waals surface area contributed by atoms with Gasteiger partial charge in [0.1, 0.15) is 0 Å². The Morgan fingerprint density at radius 3 is 2.09 bits per heavy atom. The Balaban J connectivity index is 2.89. The molecular weight excluding hydrogens is 278 g/mol. The molecule has 22 heavy (non-hydrogen) atoms. The van der Waals surface area contributed by atoms with E-state index in [-0.39, 0.29) is 11.7 Å². The number of amides is 1. The molecule has 1 rings (SSSR count). The van der Waals surface area contributed by atoms with E-state index in [1.54, 1.807) is 0 Å². The molecule has 0 saturated heterocycles. The molecule has 4 heteroatoms. The monoisotopic (exact) mass is 305 g/mol. The Bertz CT molecular complexity index is 503. The van der Waals surface area contributed by atoms with E-state index in [4.69, 9.17) is 0 Å². The molecule has 1 atom stereocenters.